The van der Waals surface area contributed by atoms with E-state index in [9.17, 15) is 4.79 Å². The van der Waals surface area contributed by atoms with E-state index in [2.05, 4.69) is 24.4 Å². The van der Waals surface area contributed by atoms with Gasteiger partial charge in [0.15, 0.2) is 0 Å². The summed E-state index contributed by atoms with van der Waals surface area (Å²) in [6.07, 6.45) is 1.59. The maximum Gasteiger partial charge on any atom is 0.271 e. The SMILES string of the molecule is CCOc1ccc(C=NNC(=O)c2ccc(OCC(C)C)cc2)cc1. The minimum atomic E-state index is -0.266. The number of amides is 1. The zero-order valence-electron chi connectivity index (χ0n) is 14.9. The molecule has 5 heteroatoms. The molecule has 2 aromatic carbocycles. The van der Waals surface area contributed by atoms with E-state index in [1.54, 1.807) is 30.5 Å². The summed E-state index contributed by atoms with van der Waals surface area (Å²) in [5, 5.41) is 3.98. The summed E-state index contributed by atoms with van der Waals surface area (Å²) >= 11 is 0. The van der Waals surface area contributed by atoms with Crippen molar-refractivity contribution in [1.82, 2.24) is 5.43 Å². The third kappa shape index (κ3) is 6.30. The molecular weight excluding hydrogens is 316 g/mol. The maximum absolute atomic E-state index is 12.1. The smallest absolute Gasteiger partial charge is 0.271 e. The number of hydrazone groups is 1. The highest BCUT2D eigenvalue weighted by Gasteiger charge is 2.04. The highest BCUT2D eigenvalue weighted by Crippen LogP contribution is 2.13. The quantitative estimate of drug-likeness (QED) is 0.586. The second kappa shape index (κ2) is 9.47. The van der Waals surface area contributed by atoms with Gasteiger partial charge in [-0.25, -0.2) is 5.43 Å². The van der Waals surface area contributed by atoms with Crippen molar-refractivity contribution in [3.63, 3.8) is 0 Å². The van der Waals surface area contributed by atoms with E-state index >= 15 is 0 Å². The van der Waals surface area contributed by atoms with Gasteiger partial charge in [-0.2, -0.15) is 5.10 Å². The van der Waals surface area contributed by atoms with Gasteiger partial charge < -0.3 is 9.47 Å². The lowest BCUT2D eigenvalue weighted by molar-refractivity contribution is 0.0955. The molecule has 5 nitrogen and oxygen atoms in total. The number of benzene rings is 2. The summed E-state index contributed by atoms with van der Waals surface area (Å²) in [7, 11) is 0. The third-order valence-corrected chi connectivity index (χ3v) is 3.27. The summed E-state index contributed by atoms with van der Waals surface area (Å²) in [5.41, 5.74) is 3.92. The first-order chi connectivity index (χ1) is 12.1. The van der Waals surface area contributed by atoms with Crippen LogP contribution in [0, 0.1) is 5.92 Å². The first-order valence-electron chi connectivity index (χ1n) is 8.37. The first kappa shape index (κ1) is 18.5. The summed E-state index contributed by atoms with van der Waals surface area (Å²) < 4.78 is 11.0. The molecular formula is C20H24N2O3. The van der Waals surface area contributed by atoms with Crippen LogP contribution >= 0.6 is 0 Å². The minimum Gasteiger partial charge on any atom is -0.494 e. The molecule has 132 valence electrons. The van der Waals surface area contributed by atoms with Gasteiger partial charge >= 0.3 is 0 Å². The van der Waals surface area contributed by atoms with Gasteiger partial charge in [-0.05, 0) is 66.9 Å². The van der Waals surface area contributed by atoms with Gasteiger partial charge in [0, 0.05) is 5.56 Å². The number of carbonyl (C=O) groups is 1. The van der Waals surface area contributed by atoms with Crippen molar-refractivity contribution in [2.75, 3.05) is 13.2 Å². The average Bonchev–Trinajstić information content (AvgIpc) is 2.62. The lowest BCUT2D eigenvalue weighted by Gasteiger charge is -2.08. The molecule has 0 bridgehead atoms. The highest BCUT2D eigenvalue weighted by molar-refractivity contribution is 5.95. The van der Waals surface area contributed by atoms with Crippen LogP contribution in [0.2, 0.25) is 0 Å². The van der Waals surface area contributed by atoms with E-state index in [0.29, 0.717) is 24.7 Å². The highest BCUT2D eigenvalue weighted by atomic mass is 16.5. The number of nitrogens with one attached hydrogen (secondary N) is 1. The normalized spacial score (nSPS) is 10.9. The summed E-state index contributed by atoms with van der Waals surface area (Å²) in [4.78, 5) is 12.1. The molecule has 0 radical (unpaired) electrons. The van der Waals surface area contributed by atoms with Crippen LogP contribution in [0.1, 0.15) is 36.7 Å². The molecule has 0 heterocycles. The Labute approximate surface area is 148 Å². The molecule has 0 aromatic heterocycles. The fourth-order valence-corrected chi connectivity index (χ4v) is 2.01. The molecule has 2 aromatic rings. The molecule has 2 rings (SSSR count). The molecule has 0 saturated carbocycles. The van der Waals surface area contributed by atoms with Gasteiger partial charge in [0.05, 0.1) is 19.4 Å². The molecule has 25 heavy (non-hydrogen) atoms. The Morgan fingerprint density at radius 2 is 1.64 bits per heavy atom. The average molecular weight is 340 g/mol. The summed E-state index contributed by atoms with van der Waals surface area (Å²) in [6.45, 7) is 7.39. The van der Waals surface area contributed by atoms with Gasteiger partial charge in [0.25, 0.3) is 5.91 Å². The number of ether oxygens (including phenoxy) is 2. The largest absolute Gasteiger partial charge is 0.494 e. The molecule has 0 unspecified atom stereocenters. The molecule has 0 aliphatic rings. The van der Waals surface area contributed by atoms with E-state index < -0.39 is 0 Å². The van der Waals surface area contributed by atoms with Crippen LogP contribution in [0.5, 0.6) is 11.5 Å². The Kier molecular flexibility index (Phi) is 7.01. The molecule has 1 amide bonds. The lowest BCUT2D eigenvalue weighted by atomic mass is 10.2. The van der Waals surface area contributed by atoms with Crippen molar-refractivity contribution in [1.29, 1.82) is 0 Å². The second-order valence-corrected chi connectivity index (χ2v) is 5.93. The Morgan fingerprint density at radius 1 is 1.04 bits per heavy atom. The van der Waals surface area contributed by atoms with E-state index in [-0.39, 0.29) is 5.91 Å². The Balaban J connectivity index is 1.86. The second-order valence-electron chi connectivity index (χ2n) is 5.93. The van der Waals surface area contributed by atoms with Crippen molar-refractivity contribution >= 4 is 12.1 Å². The van der Waals surface area contributed by atoms with E-state index in [4.69, 9.17) is 9.47 Å². The summed E-state index contributed by atoms with van der Waals surface area (Å²) in [6, 6.07) is 14.5. The van der Waals surface area contributed by atoms with Crippen molar-refractivity contribution < 1.29 is 14.3 Å². The fraction of sp³-hybridized carbons (Fsp3) is 0.300. The first-order valence-corrected chi connectivity index (χ1v) is 8.37. The number of rotatable bonds is 8. The van der Waals surface area contributed by atoms with Crippen LogP contribution in [-0.2, 0) is 0 Å². The third-order valence-electron chi connectivity index (χ3n) is 3.27. The molecule has 0 fully saturated rings. The van der Waals surface area contributed by atoms with Gasteiger partial charge in [0.1, 0.15) is 11.5 Å². The summed E-state index contributed by atoms with van der Waals surface area (Å²) in [5.74, 6) is 1.75. The van der Waals surface area contributed by atoms with Gasteiger partial charge in [-0.15, -0.1) is 0 Å². The van der Waals surface area contributed by atoms with Crippen LogP contribution in [-0.4, -0.2) is 25.3 Å². The zero-order chi connectivity index (χ0) is 18.1. The lowest BCUT2D eigenvalue weighted by Crippen LogP contribution is -2.17. The fourth-order valence-electron chi connectivity index (χ4n) is 2.01. The molecule has 0 aliphatic heterocycles. The van der Waals surface area contributed by atoms with Gasteiger partial charge in [-0.1, -0.05) is 13.8 Å². The zero-order valence-corrected chi connectivity index (χ0v) is 14.9. The molecule has 0 saturated heterocycles. The van der Waals surface area contributed by atoms with Crippen LogP contribution in [0.3, 0.4) is 0 Å². The number of hydrogen-bond acceptors (Lipinski definition) is 4. The van der Waals surface area contributed by atoms with Gasteiger partial charge in [-0.3, -0.25) is 4.79 Å². The van der Waals surface area contributed by atoms with Crippen molar-refractivity contribution in [2.24, 2.45) is 11.0 Å². The van der Waals surface area contributed by atoms with Gasteiger partial charge in [0.2, 0.25) is 0 Å². The Bertz CT molecular complexity index is 692. The van der Waals surface area contributed by atoms with Crippen molar-refractivity contribution in [3.05, 3.63) is 59.7 Å². The van der Waals surface area contributed by atoms with Crippen LogP contribution in [0.15, 0.2) is 53.6 Å². The van der Waals surface area contributed by atoms with E-state index in [0.717, 1.165) is 17.1 Å². The molecule has 0 atom stereocenters. The van der Waals surface area contributed by atoms with Crippen molar-refractivity contribution in [2.45, 2.75) is 20.8 Å². The van der Waals surface area contributed by atoms with E-state index in [1.165, 1.54) is 0 Å². The van der Waals surface area contributed by atoms with Crippen molar-refractivity contribution in [3.8, 4) is 11.5 Å². The number of hydrogen-bond donors (Lipinski definition) is 1. The maximum atomic E-state index is 12.1. The Hall–Kier alpha value is -2.82. The standard InChI is InChI=1S/C20H24N2O3/c1-4-24-18-9-5-16(6-10-18)13-21-22-20(23)17-7-11-19(12-8-17)25-14-15(2)3/h5-13,15H,4,14H2,1-3H3,(H,22,23). The Morgan fingerprint density at radius 3 is 2.24 bits per heavy atom. The predicted molar refractivity (Wildman–Crippen MR) is 99.4 cm³/mol. The number of nitrogens with zero attached hydrogens (tertiary/aromatic N) is 1. The number of carbonyl (C=O) groups excluding carboxylic acids is 1. The predicted octanol–water partition coefficient (Wildman–Crippen LogP) is 3.88. The van der Waals surface area contributed by atoms with Crippen LogP contribution in [0.25, 0.3) is 0 Å². The molecule has 0 spiro atoms. The topological polar surface area (TPSA) is 59.9 Å². The van der Waals surface area contributed by atoms with Crippen LogP contribution < -0.4 is 14.9 Å². The van der Waals surface area contributed by atoms with E-state index in [1.807, 2.05) is 31.2 Å². The molecule has 0 aliphatic carbocycles. The van der Waals surface area contributed by atoms with Crippen LogP contribution in [0.4, 0.5) is 0 Å². The minimum absolute atomic E-state index is 0.266. The monoisotopic (exact) mass is 340 g/mol. The molecule has 1 N–H and O–H groups in total.